The summed E-state index contributed by atoms with van der Waals surface area (Å²) in [6.07, 6.45) is -2.34. The number of anilines is 2. The van der Waals surface area contributed by atoms with Crippen LogP contribution in [0.3, 0.4) is 0 Å². The summed E-state index contributed by atoms with van der Waals surface area (Å²) in [5, 5.41) is 3.25. The van der Waals surface area contributed by atoms with E-state index >= 15 is 0 Å². The minimum absolute atomic E-state index is 0.00339. The monoisotopic (exact) mass is 460 g/mol. The summed E-state index contributed by atoms with van der Waals surface area (Å²) in [6.45, 7) is 0. The molecule has 0 aliphatic heterocycles. The number of aromatic amines is 1. The molecule has 5 aromatic rings. The summed E-state index contributed by atoms with van der Waals surface area (Å²) in [5.74, 6) is 1.54. The summed E-state index contributed by atoms with van der Waals surface area (Å²) >= 11 is 0. The topological polar surface area (TPSA) is 80.7 Å². The van der Waals surface area contributed by atoms with E-state index < -0.39 is 11.9 Å². The number of pyridine rings is 1. The summed E-state index contributed by atoms with van der Waals surface area (Å²) < 4.78 is 46.4. The molecule has 5 rings (SSSR count). The number of nitrogens with zero attached hydrogens (tertiary/aromatic N) is 4. The van der Waals surface area contributed by atoms with Crippen LogP contribution in [-0.2, 0) is 13.2 Å². The fraction of sp³-hybridized carbons (Fsp3) is 0.0870. The zero-order valence-electron chi connectivity index (χ0n) is 17.8. The van der Waals surface area contributed by atoms with Crippen molar-refractivity contribution >= 4 is 36.0 Å². The summed E-state index contributed by atoms with van der Waals surface area (Å²) in [4.78, 5) is 14.7. The van der Waals surface area contributed by atoms with Crippen molar-refractivity contribution in [1.82, 2.24) is 24.5 Å². The van der Waals surface area contributed by atoms with E-state index in [1.54, 1.807) is 30.3 Å². The lowest BCUT2D eigenvalue weighted by Gasteiger charge is -2.07. The molecule has 0 saturated carbocycles. The van der Waals surface area contributed by atoms with Gasteiger partial charge in [0, 0.05) is 31.1 Å². The molecular formula is C23H16BF3N6O. The van der Waals surface area contributed by atoms with Crippen LogP contribution >= 0.6 is 0 Å². The molecule has 0 fully saturated rings. The first-order chi connectivity index (χ1) is 16.3. The lowest BCUT2D eigenvalue weighted by Crippen LogP contribution is -2.04. The zero-order valence-corrected chi connectivity index (χ0v) is 17.8. The molecule has 11 heteroatoms. The smallest absolute Gasteiger partial charge is 0.432 e. The number of H-pyrrole nitrogens is 1. The van der Waals surface area contributed by atoms with Gasteiger partial charge in [0.1, 0.15) is 30.7 Å². The number of hydrogen-bond acceptors (Lipinski definition) is 5. The molecule has 34 heavy (non-hydrogen) atoms. The van der Waals surface area contributed by atoms with Crippen molar-refractivity contribution in [2.75, 3.05) is 5.32 Å². The third-order valence-corrected chi connectivity index (χ3v) is 5.11. The second-order valence-corrected chi connectivity index (χ2v) is 7.51. The van der Waals surface area contributed by atoms with Crippen LogP contribution in [0.2, 0.25) is 0 Å². The fourth-order valence-corrected chi connectivity index (χ4v) is 3.39. The first-order valence-electron chi connectivity index (χ1n) is 10.1. The second kappa shape index (κ2) is 8.25. The van der Waals surface area contributed by atoms with Crippen LogP contribution in [0.4, 0.5) is 24.8 Å². The van der Waals surface area contributed by atoms with Crippen molar-refractivity contribution < 1.29 is 17.9 Å². The Morgan fingerprint density at radius 1 is 1.00 bits per heavy atom. The number of fused-ring (bicyclic) bond motifs is 1. The number of aryl methyl sites for hydroxylation is 1. The third-order valence-electron chi connectivity index (χ3n) is 5.11. The highest BCUT2D eigenvalue weighted by atomic mass is 19.4. The Morgan fingerprint density at radius 2 is 1.76 bits per heavy atom. The van der Waals surface area contributed by atoms with E-state index in [4.69, 9.17) is 12.6 Å². The van der Waals surface area contributed by atoms with Gasteiger partial charge in [0.15, 0.2) is 5.82 Å². The van der Waals surface area contributed by atoms with Gasteiger partial charge in [0.2, 0.25) is 5.95 Å². The van der Waals surface area contributed by atoms with Crippen LogP contribution < -0.4 is 15.5 Å². The molecule has 3 aromatic heterocycles. The van der Waals surface area contributed by atoms with Crippen LogP contribution in [0.15, 0.2) is 67.0 Å². The van der Waals surface area contributed by atoms with Crippen molar-refractivity contribution in [3.63, 3.8) is 0 Å². The van der Waals surface area contributed by atoms with Crippen LogP contribution in [0.1, 0.15) is 5.69 Å². The molecule has 2 aromatic carbocycles. The van der Waals surface area contributed by atoms with E-state index in [0.717, 1.165) is 17.4 Å². The molecule has 0 amide bonds. The minimum atomic E-state index is -4.51. The molecule has 0 atom stereocenters. The van der Waals surface area contributed by atoms with E-state index in [-0.39, 0.29) is 11.5 Å². The summed E-state index contributed by atoms with van der Waals surface area (Å²) in [6, 6.07) is 15.9. The average Bonchev–Trinajstić information content (AvgIpc) is 3.41. The Morgan fingerprint density at radius 3 is 2.50 bits per heavy atom. The lowest BCUT2D eigenvalue weighted by molar-refractivity contribution is -0.140. The highest BCUT2D eigenvalue weighted by molar-refractivity contribution is 6.32. The van der Waals surface area contributed by atoms with Crippen LogP contribution in [0.25, 0.3) is 22.6 Å². The number of rotatable bonds is 5. The van der Waals surface area contributed by atoms with Gasteiger partial charge in [-0.2, -0.15) is 13.2 Å². The molecule has 0 spiro atoms. The van der Waals surface area contributed by atoms with Crippen LogP contribution in [-0.4, -0.2) is 32.3 Å². The van der Waals surface area contributed by atoms with Gasteiger partial charge < -0.3 is 19.6 Å². The SMILES string of the molecule is [B]c1ccc(Nc2nc3cc(Oc4ccnc(-c5ncc(C(F)(F)F)[nH]5)c4)ccc3n2C)cc1. The first-order valence-corrected chi connectivity index (χ1v) is 10.1. The Labute approximate surface area is 193 Å². The van der Waals surface area contributed by atoms with Gasteiger partial charge in [-0.05, 0) is 30.3 Å². The van der Waals surface area contributed by atoms with Crippen molar-refractivity contribution in [3.05, 3.63) is 72.7 Å². The van der Waals surface area contributed by atoms with Crippen molar-refractivity contribution in [1.29, 1.82) is 0 Å². The van der Waals surface area contributed by atoms with Crippen molar-refractivity contribution in [2.24, 2.45) is 7.05 Å². The molecule has 168 valence electrons. The Bertz CT molecular complexity index is 1480. The number of ether oxygens (including phenoxy) is 1. The second-order valence-electron chi connectivity index (χ2n) is 7.51. The molecule has 0 bridgehead atoms. The number of halogens is 3. The Hall–Kier alpha value is -4.28. The van der Waals surface area contributed by atoms with Crippen LogP contribution in [0, 0.1) is 0 Å². The molecule has 2 N–H and O–H groups in total. The van der Waals surface area contributed by atoms with Gasteiger partial charge in [-0.25, -0.2) is 9.97 Å². The molecule has 2 radical (unpaired) electrons. The summed E-state index contributed by atoms with van der Waals surface area (Å²) in [7, 11) is 7.63. The normalized spacial score (nSPS) is 11.6. The Balaban J connectivity index is 1.38. The number of benzene rings is 2. The standard InChI is InChI=1S/C23H16BF3N6O/c1-33-19-7-6-15(10-17(19)31-22(33)30-14-4-2-13(24)3-5-14)34-16-8-9-28-18(11-16)21-29-12-20(32-21)23(25,26)27/h2-12H,1H3,(H,29,32)(H,30,31). The van der Waals surface area contributed by atoms with Gasteiger partial charge in [-0.3, -0.25) is 4.98 Å². The molecule has 0 aliphatic rings. The number of hydrogen-bond donors (Lipinski definition) is 2. The largest absolute Gasteiger partial charge is 0.457 e. The quantitative estimate of drug-likeness (QED) is 0.372. The molecule has 0 aliphatic carbocycles. The number of alkyl halides is 3. The molecular weight excluding hydrogens is 444 g/mol. The molecule has 0 unspecified atom stereocenters. The molecule has 3 heterocycles. The van der Waals surface area contributed by atoms with Gasteiger partial charge >= 0.3 is 6.18 Å². The minimum Gasteiger partial charge on any atom is -0.457 e. The van der Waals surface area contributed by atoms with Gasteiger partial charge in [0.25, 0.3) is 0 Å². The first kappa shape index (κ1) is 21.6. The predicted octanol–water partition coefficient (Wildman–Crippen LogP) is 4.71. The van der Waals surface area contributed by atoms with E-state index in [1.165, 1.54) is 12.3 Å². The third kappa shape index (κ3) is 4.32. The zero-order chi connectivity index (χ0) is 23.9. The van der Waals surface area contributed by atoms with Gasteiger partial charge in [0.05, 0.1) is 17.2 Å². The van der Waals surface area contributed by atoms with Crippen molar-refractivity contribution in [2.45, 2.75) is 6.18 Å². The number of aromatic nitrogens is 5. The summed E-state index contributed by atoms with van der Waals surface area (Å²) in [5.41, 5.74) is 2.38. The Kier molecular flexibility index (Phi) is 5.23. The maximum absolute atomic E-state index is 12.8. The fourth-order valence-electron chi connectivity index (χ4n) is 3.39. The lowest BCUT2D eigenvalue weighted by atomic mass is 9.96. The van der Waals surface area contributed by atoms with E-state index in [0.29, 0.717) is 28.4 Å². The van der Waals surface area contributed by atoms with E-state index in [9.17, 15) is 13.2 Å². The maximum Gasteiger partial charge on any atom is 0.432 e. The van der Waals surface area contributed by atoms with E-state index in [1.807, 2.05) is 29.8 Å². The predicted molar refractivity (Wildman–Crippen MR) is 123 cm³/mol. The average molecular weight is 460 g/mol. The van der Waals surface area contributed by atoms with Crippen LogP contribution in [0.5, 0.6) is 11.5 Å². The van der Waals surface area contributed by atoms with Gasteiger partial charge in [-0.1, -0.05) is 17.6 Å². The molecule has 7 nitrogen and oxygen atoms in total. The highest BCUT2D eigenvalue weighted by Crippen LogP contribution is 2.31. The number of nitrogens with one attached hydrogen (secondary N) is 2. The number of imidazole rings is 2. The molecule has 0 saturated heterocycles. The van der Waals surface area contributed by atoms with Gasteiger partial charge in [-0.15, -0.1) is 0 Å². The highest BCUT2D eigenvalue weighted by Gasteiger charge is 2.33. The maximum atomic E-state index is 12.8. The van der Waals surface area contributed by atoms with E-state index in [2.05, 4.69) is 25.3 Å². The van der Waals surface area contributed by atoms with Crippen molar-refractivity contribution in [3.8, 4) is 23.0 Å².